The summed E-state index contributed by atoms with van der Waals surface area (Å²) in [5.74, 6) is 0.669. The molecule has 0 atom stereocenters. The predicted molar refractivity (Wildman–Crippen MR) is 205 cm³/mol. The van der Waals surface area contributed by atoms with Gasteiger partial charge in [-0.1, -0.05) is 121 Å². The molecule has 50 heavy (non-hydrogen) atoms. The molecule has 3 aromatic heterocycles. The van der Waals surface area contributed by atoms with E-state index in [0.717, 1.165) is 66.8 Å². The van der Waals surface area contributed by atoms with Gasteiger partial charge in [-0.3, -0.25) is 0 Å². The molecule has 4 heteroatoms. The lowest BCUT2D eigenvalue weighted by molar-refractivity contribution is 0.669. The number of benzene rings is 7. The van der Waals surface area contributed by atoms with Gasteiger partial charge in [0.1, 0.15) is 11.2 Å². The number of fused-ring (bicyclic) bond motifs is 6. The Morgan fingerprint density at radius 2 is 1.02 bits per heavy atom. The van der Waals surface area contributed by atoms with Crippen molar-refractivity contribution in [1.82, 2.24) is 14.5 Å². The summed E-state index contributed by atoms with van der Waals surface area (Å²) in [5, 5.41) is 4.50. The highest BCUT2D eigenvalue weighted by atomic mass is 16.3. The summed E-state index contributed by atoms with van der Waals surface area (Å²) >= 11 is 0. The van der Waals surface area contributed by atoms with E-state index in [1.165, 1.54) is 21.8 Å². The Bertz CT molecular complexity index is 2800. The molecule has 0 bridgehead atoms. The van der Waals surface area contributed by atoms with Crippen molar-refractivity contribution in [3.8, 4) is 50.7 Å². The summed E-state index contributed by atoms with van der Waals surface area (Å²) in [4.78, 5) is 10.2. The highest BCUT2D eigenvalue weighted by molar-refractivity contribution is 6.13. The molecule has 0 aliphatic carbocycles. The van der Waals surface area contributed by atoms with Crippen LogP contribution in [0.1, 0.15) is 0 Å². The molecule has 0 radical (unpaired) electrons. The molecule has 7 aromatic carbocycles. The molecule has 0 aliphatic heterocycles. The second-order valence-corrected chi connectivity index (χ2v) is 12.6. The Hall–Kier alpha value is -6.78. The van der Waals surface area contributed by atoms with Crippen molar-refractivity contribution in [2.45, 2.75) is 0 Å². The zero-order valence-electron chi connectivity index (χ0n) is 27.0. The SMILES string of the molecule is c1ccc(-c2cc(-c3ccccc3)nc(-c3cccc4oc5cc(-c6ccc7c(c6)c6ccccc6n7-c6ccccc6)ccc5c34)n2)cc1. The maximum absolute atomic E-state index is 6.57. The van der Waals surface area contributed by atoms with Gasteiger partial charge in [0.15, 0.2) is 5.82 Å². The van der Waals surface area contributed by atoms with E-state index in [9.17, 15) is 0 Å². The zero-order chi connectivity index (χ0) is 33.0. The van der Waals surface area contributed by atoms with Crippen LogP contribution >= 0.6 is 0 Å². The molecular formula is C46H29N3O. The quantitative estimate of drug-likeness (QED) is 0.188. The van der Waals surface area contributed by atoms with E-state index in [2.05, 4.69) is 132 Å². The Morgan fingerprint density at radius 3 is 1.76 bits per heavy atom. The molecule has 0 saturated carbocycles. The molecule has 0 N–H and O–H groups in total. The van der Waals surface area contributed by atoms with Crippen LogP contribution in [0.15, 0.2) is 180 Å². The Kier molecular flexibility index (Phi) is 6.46. The summed E-state index contributed by atoms with van der Waals surface area (Å²) in [5.41, 5.74) is 12.2. The molecule has 10 aromatic rings. The molecule has 0 unspecified atom stereocenters. The van der Waals surface area contributed by atoms with E-state index in [1.54, 1.807) is 0 Å². The second kappa shape index (κ2) is 11.4. The molecule has 4 nitrogen and oxygen atoms in total. The molecule has 0 aliphatic rings. The second-order valence-electron chi connectivity index (χ2n) is 12.6. The summed E-state index contributed by atoms with van der Waals surface area (Å²) in [6.07, 6.45) is 0. The van der Waals surface area contributed by atoms with Gasteiger partial charge < -0.3 is 8.98 Å². The Balaban J connectivity index is 1.12. The van der Waals surface area contributed by atoms with Crippen LogP contribution < -0.4 is 0 Å². The first-order chi connectivity index (χ1) is 24.8. The summed E-state index contributed by atoms with van der Waals surface area (Å²) < 4.78 is 8.91. The molecule has 0 saturated heterocycles. The molecule has 3 heterocycles. The first-order valence-corrected chi connectivity index (χ1v) is 16.8. The van der Waals surface area contributed by atoms with E-state index >= 15 is 0 Å². The lowest BCUT2D eigenvalue weighted by Gasteiger charge is -2.10. The standard InChI is InChI=1S/C46H29N3O/c1-4-13-30(14-5-1)39-29-40(31-15-6-2-7-16-31)48-46(47-39)37-20-12-22-43-45(37)36-25-23-33(28-44(36)50-43)32-24-26-42-38(27-32)35-19-10-11-21-41(35)49(42)34-17-8-3-9-18-34/h1-29H. The Morgan fingerprint density at radius 1 is 0.400 bits per heavy atom. The summed E-state index contributed by atoms with van der Waals surface area (Å²) in [7, 11) is 0. The van der Waals surface area contributed by atoms with E-state index in [-0.39, 0.29) is 0 Å². The van der Waals surface area contributed by atoms with Crippen LogP contribution in [-0.4, -0.2) is 14.5 Å². The van der Waals surface area contributed by atoms with Gasteiger partial charge in [0.25, 0.3) is 0 Å². The smallest absolute Gasteiger partial charge is 0.161 e. The molecule has 0 spiro atoms. The first kappa shape index (κ1) is 28.3. The minimum absolute atomic E-state index is 0.669. The van der Waals surface area contributed by atoms with Gasteiger partial charge in [-0.2, -0.15) is 0 Å². The topological polar surface area (TPSA) is 43.9 Å². The van der Waals surface area contributed by atoms with Crippen LogP contribution in [0, 0.1) is 0 Å². The average molecular weight is 640 g/mol. The van der Waals surface area contributed by atoms with Crippen LogP contribution in [0.25, 0.3) is 94.5 Å². The van der Waals surface area contributed by atoms with Crippen molar-refractivity contribution in [1.29, 1.82) is 0 Å². The minimum Gasteiger partial charge on any atom is -0.456 e. The summed E-state index contributed by atoms with van der Waals surface area (Å²) in [6, 6.07) is 61.3. The number of para-hydroxylation sites is 2. The van der Waals surface area contributed by atoms with Crippen molar-refractivity contribution in [2.75, 3.05) is 0 Å². The van der Waals surface area contributed by atoms with Crippen LogP contribution in [0.4, 0.5) is 0 Å². The number of furan rings is 1. The molecule has 10 rings (SSSR count). The number of hydrogen-bond acceptors (Lipinski definition) is 3. The maximum atomic E-state index is 6.57. The summed E-state index contributed by atoms with van der Waals surface area (Å²) in [6.45, 7) is 0. The molecule has 234 valence electrons. The zero-order valence-corrected chi connectivity index (χ0v) is 27.0. The highest BCUT2D eigenvalue weighted by Gasteiger charge is 2.18. The van der Waals surface area contributed by atoms with Gasteiger partial charge >= 0.3 is 0 Å². The first-order valence-electron chi connectivity index (χ1n) is 16.8. The number of nitrogens with zero attached hydrogens (tertiary/aromatic N) is 3. The number of hydrogen-bond donors (Lipinski definition) is 0. The van der Waals surface area contributed by atoms with Crippen molar-refractivity contribution in [3.63, 3.8) is 0 Å². The lowest BCUT2D eigenvalue weighted by atomic mass is 10.00. The molecular weight excluding hydrogens is 611 g/mol. The fraction of sp³-hybridized carbons (Fsp3) is 0. The van der Waals surface area contributed by atoms with E-state index < -0.39 is 0 Å². The third-order valence-electron chi connectivity index (χ3n) is 9.62. The third-order valence-corrected chi connectivity index (χ3v) is 9.62. The van der Waals surface area contributed by atoms with Gasteiger partial charge in [0.2, 0.25) is 0 Å². The van der Waals surface area contributed by atoms with Gasteiger partial charge in [-0.05, 0) is 65.7 Å². The molecule has 0 amide bonds. The van der Waals surface area contributed by atoms with Crippen LogP contribution in [0.3, 0.4) is 0 Å². The average Bonchev–Trinajstić information content (AvgIpc) is 3.74. The maximum Gasteiger partial charge on any atom is 0.161 e. The number of rotatable bonds is 5. The van der Waals surface area contributed by atoms with Crippen molar-refractivity contribution < 1.29 is 4.42 Å². The van der Waals surface area contributed by atoms with E-state index in [1.807, 2.05) is 48.5 Å². The van der Waals surface area contributed by atoms with E-state index in [4.69, 9.17) is 14.4 Å². The third kappa shape index (κ3) is 4.61. The van der Waals surface area contributed by atoms with Gasteiger partial charge in [-0.25, -0.2) is 9.97 Å². The van der Waals surface area contributed by atoms with Crippen LogP contribution in [0.2, 0.25) is 0 Å². The fourth-order valence-corrected chi connectivity index (χ4v) is 7.28. The number of aromatic nitrogens is 3. The monoisotopic (exact) mass is 639 g/mol. The van der Waals surface area contributed by atoms with Crippen LogP contribution in [-0.2, 0) is 0 Å². The van der Waals surface area contributed by atoms with Crippen molar-refractivity contribution in [2.24, 2.45) is 0 Å². The van der Waals surface area contributed by atoms with Crippen molar-refractivity contribution in [3.05, 3.63) is 176 Å². The highest BCUT2D eigenvalue weighted by Crippen LogP contribution is 2.40. The van der Waals surface area contributed by atoms with Gasteiger partial charge in [-0.15, -0.1) is 0 Å². The van der Waals surface area contributed by atoms with Gasteiger partial charge in [0, 0.05) is 43.9 Å². The Labute approximate surface area is 288 Å². The molecule has 0 fully saturated rings. The fourth-order valence-electron chi connectivity index (χ4n) is 7.28. The normalized spacial score (nSPS) is 11.6. The largest absolute Gasteiger partial charge is 0.456 e. The van der Waals surface area contributed by atoms with Gasteiger partial charge in [0.05, 0.1) is 22.4 Å². The van der Waals surface area contributed by atoms with Crippen LogP contribution in [0.5, 0.6) is 0 Å². The lowest BCUT2D eigenvalue weighted by Crippen LogP contribution is -1.96. The predicted octanol–water partition coefficient (Wildman–Crippen LogP) is 12.1. The van der Waals surface area contributed by atoms with E-state index in [0.29, 0.717) is 5.82 Å². The van der Waals surface area contributed by atoms with Crippen molar-refractivity contribution >= 4 is 43.7 Å². The minimum atomic E-state index is 0.669.